The van der Waals surface area contributed by atoms with Crippen molar-refractivity contribution < 1.29 is 13.9 Å². The Morgan fingerprint density at radius 3 is 2.69 bits per heavy atom. The molecule has 224 valence electrons. The van der Waals surface area contributed by atoms with Crippen molar-refractivity contribution in [3.8, 4) is 12.1 Å². The summed E-state index contributed by atoms with van der Waals surface area (Å²) in [6, 6.07) is 8.66. The molecule has 5 rings (SSSR count). The fourth-order valence-electron chi connectivity index (χ4n) is 6.42. The third-order valence-electron chi connectivity index (χ3n) is 9.01. The lowest BCUT2D eigenvalue weighted by atomic mass is 9.95. The number of benzene rings is 1. The third-order valence-corrected chi connectivity index (χ3v) is 9.01. The van der Waals surface area contributed by atoms with E-state index < -0.39 is 17.8 Å². The highest BCUT2D eigenvalue weighted by molar-refractivity contribution is 5.91. The summed E-state index contributed by atoms with van der Waals surface area (Å²) in [4.78, 5) is 30.6. The van der Waals surface area contributed by atoms with Gasteiger partial charge < -0.3 is 24.3 Å². The van der Waals surface area contributed by atoms with Gasteiger partial charge in [0.05, 0.1) is 37.4 Å². The number of hydrogen-bond acceptors (Lipinski definition) is 8. The molecule has 10 heteroatoms. The minimum atomic E-state index is -1.01. The van der Waals surface area contributed by atoms with Gasteiger partial charge >= 0.3 is 6.01 Å². The van der Waals surface area contributed by atoms with Gasteiger partial charge in [0.1, 0.15) is 5.82 Å². The van der Waals surface area contributed by atoms with Crippen LogP contribution in [0.25, 0.3) is 0 Å². The molecule has 2 fully saturated rings. The number of carbonyl (C=O) groups excluding carboxylic acids is 1. The van der Waals surface area contributed by atoms with Gasteiger partial charge in [-0.1, -0.05) is 18.7 Å². The zero-order chi connectivity index (χ0) is 30.2. The lowest BCUT2D eigenvalue weighted by Gasteiger charge is -2.43. The molecule has 2 aliphatic heterocycles. The van der Waals surface area contributed by atoms with Crippen LogP contribution >= 0.6 is 0 Å². The fraction of sp³-hybridized carbons (Fsp3) is 0.562. The minimum absolute atomic E-state index is 0.0933. The smallest absolute Gasteiger partial charge is 0.318 e. The first kappa shape index (κ1) is 29.8. The number of nitriles is 1. The van der Waals surface area contributed by atoms with Crippen molar-refractivity contribution >= 4 is 17.4 Å². The summed E-state index contributed by atoms with van der Waals surface area (Å²) >= 11 is 0. The number of piperazine rings is 1. The Bertz CT molecular complexity index is 1400. The maximum atomic E-state index is 13.8. The predicted molar refractivity (Wildman–Crippen MR) is 161 cm³/mol. The molecule has 1 aromatic carbocycles. The van der Waals surface area contributed by atoms with Crippen molar-refractivity contribution in [1.29, 1.82) is 5.26 Å². The first-order chi connectivity index (χ1) is 20.0. The standard InChI is InChI=1S/C32H42FN7O2/c1-21-8-7-9-28(23(21)3)40-18-27-26(16-22(40)2)29(36-31(35-27)42-20-32(11-12-32)19-37(5)6)38-14-15-39(30(41)24(4)33)25(17-38)10-13-34/h7-9,22,25H,4,10-12,14-20H2,1-3,5-6H3/t22?,25-/m0/s1. The highest BCUT2D eigenvalue weighted by atomic mass is 19.1. The van der Waals surface area contributed by atoms with E-state index in [-0.39, 0.29) is 24.4 Å². The first-order valence-electron chi connectivity index (χ1n) is 14.8. The van der Waals surface area contributed by atoms with Gasteiger partial charge in [0.25, 0.3) is 5.91 Å². The molecular weight excluding hydrogens is 533 g/mol. The van der Waals surface area contributed by atoms with Gasteiger partial charge in [-0.2, -0.15) is 15.2 Å². The van der Waals surface area contributed by atoms with Crippen LogP contribution in [0, 0.1) is 30.6 Å². The van der Waals surface area contributed by atoms with Crippen LogP contribution in [0.2, 0.25) is 0 Å². The molecule has 3 heterocycles. The maximum absolute atomic E-state index is 13.8. The molecule has 0 bridgehead atoms. The van der Waals surface area contributed by atoms with E-state index in [2.05, 4.69) is 80.4 Å². The average Bonchev–Trinajstić information content (AvgIpc) is 3.71. The van der Waals surface area contributed by atoms with Gasteiger partial charge in [-0.15, -0.1) is 0 Å². The normalized spacial score (nSPS) is 21.1. The molecule has 1 aliphatic carbocycles. The predicted octanol–water partition coefficient (Wildman–Crippen LogP) is 4.18. The Morgan fingerprint density at radius 2 is 2.02 bits per heavy atom. The zero-order valence-corrected chi connectivity index (χ0v) is 25.5. The van der Waals surface area contributed by atoms with Gasteiger partial charge in [0.2, 0.25) is 0 Å². The van der Waals surface area contributed by atoms with E-state index in [0.717, 1.165) is 42.9 Å². The number of aromatic nitrogens is 2. The summed E-state index contributed by atoms with van der Waals surface area (Å²) in [5, 5.41) is 9.50. The highest BCUT2D eigenvalue weighted by Gasteiger charge is 2.44. The second-order valence-corrected chi connectivity index (χ2v) is 12.5. The summed E-state index contributed by atoms with van der Waals surface area (Å²) < 4.78 is 20.1. The second-order valence-electron chi connectivity index (χ2n) is 12.5. The molecule has 0 spiro atoms. The van der Waals surface area contributed by atoms with Crippen molar-refractivity contribution in [2.45, 2.75) is 65.1 Å². The molecule has 3 aliphatic rings. The van der Waals surface area contributed by atoms with Crippen LogP contribution in [-0.2, 0) is 17.8 Å². The largest absolute Gasteiger partial charge is 0.463 e. The number of rotatable bonds is 9. The second kappa shape index (κ2) is 11.9. The molecular formula is C32H42FN7O2. The lowest BCUT2D eigenvalue weighted by Crippen LogP contribution is -2.56. The number of amides is 1. The van der Waals surface area contributed by atoms with Gasteiger partial charge in [-0.25, -0.2) is 4.39 Å². The Morgan fingerprint density at radius 1 is 1.26 bits per heavy atom. The van der Waals surface area contributed by atoms with Crippen LogP contribution < -0.4 is 14.5 Å². The summed E-state index contributed by atoms with van der Waals surface area (Å²) in [6.07, 6.45) is 3.07. The monoisotopic (exact) mass is 575 g/mol. The molecule has 1 aromatic heterocycles. The number of ether oxygens (including phenoxy) is 1. The van der Waals surface area contributed by atoms with E-state index in [1.54, 1.807) is 0 Å². The molecule has 9 nitrogen and oxygen atoms in total. The molecule has 1 amide bonds. The van der Waals surface area contributed by atoms with E-state index in [0.29, 0.717) is 32.3 Å². The average molecular weight is 576 g/mol. The van der Waals surface area contributed by atoms with E-state index in [4.69, 9.17) is 14.7 Å². The van der Waals surface area contributed by atoms with E-state index >= 15 is 0 Å². The Labute approximate surface area is 248 Å². The third kappa shape index (κ3) is 6.07. The number of nitrogens with zero attached hydrogens (tertiary/aromatic N) is 7. The van der Waals surface area contributed by atoms with Crippen LogP contribution in [-0.4, -0.2) is 84.6 Å². The Kier molecular flexibility index (Phi) is 8.42. The van der Waals surface area contributed by atoms with Gasteiger partial charge in [0.15, 0.2) is 5.83 Å². The summed E-state index contributed by atoms with van der Waals surface area (Å²) in [7, 11) is 4.16. The number of aryl methyl sites for hydroxylation is 1. The van der Waals surface area contributed by atoms with Crippen molar-refractivity contribution in [3.05, 3.63) is 53.0 Å². The summed E-state index contributed by atoms with van der Waals surface area (Å²) in [5.41, 5.74) is 5.83. The molecule has 1 unspecified atom stereocenters. The molecule has 0 N–H and O–H groups in total. The number of hydrogen-bond donors (Lipinski definition) is 0. The molecule has 0 radical (unpaired) electrons. The summed E-state index contributed by atoms with van der Waals surface area (Å²) in [6.45, 7) is 12.9. The molecule has 1 saturated carbocycles. The maximum Gasteiger partial charge on any atom is 0.318 e. The topological polar surface area (TPSA) is 88.8 Å². The van der Waals surface area contributed by atoms with Crippen molar-refractivity contribution in [2.75, 3.05) is 56.7 Å². The van der Waals surface area contributed by atoms with Gasteiger partial charge in [0, 0.05) is 48.9 Å². The van der Waals surface area contributed by atoms with E-state index in [9.17, 15) is 14.4 Å². The fourth-order valence-corrected chi connectivity index (χ4v) is 6.42. The molecule has 42 heavy (non-hydrogen) atoms. The molecule has 2 atom stereocenters. The SMILES string of the molecule is C=C(F)C(=O)N1CCN(c2nc(OCC3(CN(C)C)CC3)nc3c2CC(C)N(c2cccc(C)c2C)C3)C[C@@H]1CC#N. The zero-order valence-electron chi connectivity index (χ0n) is 25.5. The van der Waals surface area contributed by atoms with Crippen LogP contribution in [0.1, 0.15) is 48.6 Å². The number of carbonyl (C=O) groups is 1. The van der Waals surface area contributed by atoms with Gasteiger partial charge in [-0.3, -0.25) is 4.79 Å². The van der Waals surface area contributed by atoms with Crippen molar-refractivity contribution in [1.82, 2.24) is 19.8 Å². The number of fused-ring (bicyclic) bond motifs is 1. The van der Waals surface area contributed by atoms with Crippen molar-refractivity contribution in [3.63, 3.8) is 0 Å². The number of halogens is 1. The van der Waals surface area contributed by atoms with Crippen LogP contribution in [0.4, 0.5) is 15.9 Å². The lowest BCUT2D eigenvalue weighted by molar-refractivity contribution is -0.131. The molecule has 1 saturated heterocycles. The quantitative estimate of drug-likeness (QED) is 0.412. The Hall–Kier alpha value is -3.71. The van der Waals surface area contributed by atoms with E-state index in [1.807, 2.05) is 0 Å². The van der Waals surface area contributed by atoms with Crippen LogP contribution in [0.3, 0.4) is 0 Å². The van der Waals surface area contributed by atoms with E-state index in [1.165, 1.54) is 21.7 Å². The first-order valence-corrected chi connectivity index (χ1v) is 14.8. The Balaban J connectivity index is 1.49. The van der Waals surface area contributed by atoms with Crippen molar-refractivity contribution in [2.24, 2.45) is 5.41 Å². The highest BCUT2D eigenvalue weighted by Crippen LogP contribution is 2.46. The number of anilines is 2. The van der Waals surface area contributed by atoms with Crippen LogP contribution in [0.15, 0.2) is 30.6 Å². The minimum Gasteiger partial charge on any atom is -0.463 e. The summed E-state index contributed by atoms with van der Waals surface area (Å²) in [5.74, 6) is -0.973. The molecule has 2 aromatic rings. The van der Waals surface area contributed by atoms with Gasteiger partial charge in [-0.05, 0) is 71.3 Å². The van der Waals surface area contributed by atoms with Crippen LogP contribution in [0.5, 0.6) is 6.01 Å².